The molecule has 1 heterocycles. The lowest BCUT2D eigenvalue weighted by Crippen LogP contribution is -2.54. The molecule has 0 unspecified atom stereocenters. The van der Waals surface area contributed by atoms with E-state index in [1.165, 1.54) is 0 Å². The Morgan fingerprint density at radius 2 is 2.00 bits per heavy atom. The molecule has 0 aliphatic carbocycles. The second kappa shape index (κ2) is 7.03. The lowest BCUT2D eigenvalue weighted by Gasteiger charge is -2.34. The van der Waals surface area contributed by atoms with Crippen molar-refractivity contribution in [2.45, 2.75) is 19.4 Å². The molecule has 3 rings (SSSR count). The maximum Gasteiger partial charge on any atom is 0.312 e. The van der Waals surface area contributed by atoms with Crippen LogP contribution >= 0.6 is 11.6 Å². The molecule has 2 aromatic rings. The van der Waals surface area contributed by atoms with Gasteiger partial charge in [-0.05, 0) is 30.7 Å². The maximum atomic E-state index is 12.7. The van der Waals surface area contributed by atoms with E-state index in [0.717, 1.165) is 5.56 Å². The number of likely N-dealkylation sites (N-methyl/N-ethyl adjacent to an activating group) is 1. The van der Waals surface area contributed by atoms with Crippen LogP contribution in [0.25, 0.3) is 0 Å². The standard InChI is InChI=1S/C18H18ClN3O3/c1-2-22-16-11(10-13(17(22)23)21-18(20)24)6-5-9-15(16)25-14-8-4-3-7-12(14)19/h3-9,13H,2,10H2,1H3,(H3,20,21,24)/t13-/m1/s1. The molecule has 3 amide bonds. The summed E-state index contributed by atoms with van der Waals surface area (Å²) in [5.41, 5.74) is 6.77. The Morgan fingerprint density at radius 1 is 1.28 bits per heavy atom. The summed E-state index contributed by atoms with van der Waals surface area (Å²) in [4.78, 5) is 25.5. The van der Waals surface area contributed by atoms with E-state index < -0.39 is 12.1 Å². The number of carbonyl (C=O) groups is 2. The predicted molar refractivity (Wildman–Crippen MR) is 96.2 cm³/mol. The van der Waals surface area contributed by atoms with Crippen LogP contribution in [0.1, 0.15) is 12.5 Å². The number of nitrogens with one attached hydrogen (secondary N) is 1. The van der Waals surface area contributed by atoms with Crippen LogP contribution in [-0.4, -0.2) is 24.5 Å². The molecule has 25 heavy (non-hydrogen) atoms. The number of nitrogens with two attached hydrogens (primary N) is 1. The number of halogens is 1. The van der Waals surface area contributed by atoms with Gasteiger partial charge in [-0.25, -0.2) is 4.79 Å². The Kier molecular flexibility index (Phi) is 4.81. The summed E-state index contributed by atoms with van der Waals surface area (Å²) < 4.78 is 5.97. The van der Waals surface area contributed by atoms with Gasteiger partial charge in [-0.3, -0.25) is 4.79 Å². The van der Waals surface area contributed by atoms with Gasteiger partial charge < -0.3 is 20.7 Å². The number of hydrogen-bond donors (Lipinski definition) is 2. The average Bonchev–Trinajstić information content (AvgIpc) is 2.58. The van der Waals surface area contributed by atoms with Crippen LogP contribution in [0.5, 0.6) is 11.5 Å². The summed E-state index contributed by atoms with van der Waals surface area (Å²) in [5, 5.41) is 2.99. The SMILES string of the molecule is CCN1C(=O)[C@H](NC(N)=O)Cc2cccc(Oc3ccccc3Cl)c21. The molecule has 6 nitrogen and oxygen atoms in total. The van der Waals surface area contributed by atoms with Crippen LogP contribution < -0.4 is 20.7 Å². The lowest BCUT2D eigenvalue weighted by atomic mass is 9.96. The Hall–Kier alpha value is -2.73. The molecule has 1 aliphatic rings. The highest BCUT2D eigenvalue weighted by molar-refractivity contribution is 6.32. The normalized spacial score (nSPS) is 16.3. The third kappa shape index (κ3) is 3.39. The second-order valence-corrected chi connectivity index (χ2v) is 6.05. The molecule has 1 aliphatic heterocycles. The summed E-state index contributed by atoms with van der Waals surface area (Å²) in [5.74, 6) is 0.834. The number of rotatable bonds is 4. The third-order valence-electron chi connectivity index (χ3n) is 4.03. The summed E-state index contributed by atoms with van der Waals surface area (Å²) in [6, 6.07) is 11.3. The number of ether oxygens (including phenoxy) is 1. The van der Waals surface area contributed by atoms with Crippen molar-refractivity contribution in [3.63, 3.8) is 0 Å². The van der Waals surface area contributed by atoms with Gasteiger partial charge in [0.25, 0.3) is 0 Å². The zero-order chi connectivity index (χ0) is 18.0. The van der Waals surface area contributed by atoms with Crippen molar-refractivity contribution in [3.05, 3.63) is 53.1 Å². The first-order valence-corrected chi connectivity index (χ1v) is 8.30. The minimum Gasteiger partial charge on any atom is -0.454 e. The van der Waals surface area contributed by atoms with E-state index in [0.29, 0.717) is 35.2 Å². The number of para-hydroxylation sites is 2. The molecule has 0 saturated carbocycles. The van der Waals surface area contributed by atoms with E-state index in [2.05, 4.69) is 5.32 Å². The molecule has 1 atom stereocenters. The number of anilines is 1. The van der Waals surface area contributed by atoms with E-state index >= 15 is 0 Å². The molecule has 0 bridgehead atoms. The largest absolute Gasteiger partial charge is 0.454 e. The Balaban J connectivity index is 2.01. The fourth-order valence-electron chi connectivity index (χ4n) is 2.97. The van der Waals surface area contributed by atoms with E-state index in [4.69, 9.17) is 22.1 Å². The van der Waals surface area contributed by atoms with Crippen LogP contribution in [0.2, 0.25) is 5.02 Å². The predicted octanol–water partition coefficient (Wildman–Crippen LogP) is 3.08. The minimum absolute atomic E-state index is 0.219. The molecular formula is C18H18ClN3O3. The summed E-state index contributed by atoms with van der Waals surface area (Å²) in [7, 11) is 0. The van der Waals surface area contributed by atoms with Crippen molar-refractivity contribution in [1.29, 1.82) is 0 Å². The third-order valence-corrected chi connectivity index (χ3v) is 4.34. The number of carbonyl (C=O) groups excluding carboxylic acids is 2. The monoisotopic (exact) mass is 359 g/mol. The maximum absolute atomic E-state index is 12.7. The van der Waals surface area contributed by atoms with E-state index in [1.54, 1.807) is 23.1 Å². The van der Waals surface area contributed by atoms with Gasteiger partial charge in [-0.15, -0.1) is 0 Å². The summed E-state index contributed by atoms with van der Waals surface area (Å²) in [6.07, 6.45) is 0.354. The topological polar surface area (TPSA) is 84.7 Å². The van der Waals surface area contributed by atoms with Crippen LogP contribution in [-0.2, 0) is 11.2 Å². The van der Waals surface area contributed by atoms with Crippen LogP contribution in [0.15, 0.2) is 42.5 Å². The van der Waals surface area contributed by atoms with Crippen LogP contribution in [0.4, 0.5) is 10.5 Å². The number of amides is 3. The number of fused-ring (bicyclic) bond motifs is 1. The first kappa shape index (κ1) is 17.1. The fraction of sp³-hybridized carbons (Fsp3) is 0.222. The highest BCUT2D eigenvalue weighted by Crippen LogP contribution is 2.40. The van der Waals surface area contributed by atoms with Gasteiger partial charge in [0.15, 0.2) is 5.75 Å². The first-order chi connectivity index (χ1) is 12.0. The number of hydrogen-bond acceptors (Lipinski definition) is 3. The van der Waals surface area contributed by atoms with Crippen molar-refractivity contribution in [3.8, 4) is 11.5 Å². The first-order valence-electron chi connectivity index (χ1n) is 7.93. The van der Waals surface area contributed by atoms with E-state index in [9.17, 15) is 9.59 Å². The molecule has 0 saturated heterocycles. The molecular weight excluding hydrogens is 342 g/mol. The van der Waals surface area contributed by atoms with Crippen LogP contribution in [0, 0.1) is 0 Å². The second-order valence-electron chi connectivity index (χ2n) is 5.64. The highest BCUT2D eigenvalue weighted by atomic mass is 35.5. The van der Waals surface area contributed by atoms with Crippen molar-refractivity contribution in [2.24, 2.45) is 5.73 Å². The Bertz CT molecular complexity index is 825. The number of urea groups is 1. The van der Waals surface area contributed by atoms with Gasteiger partial charge in [-0.2, -0.15) is 0 Å². The van der Waals surface area contributed by atoms with E-state index in [1.807, 2.05) is 31.2 Å². The smallest absolute Gasteiger partial charge is 0.312 e. The van der Waals surface area contributed by atoms with Crippen molar-refractivity contribution >= 4 is 29.2 Å². The van der Waals surface area contributed by atoms with Crippen molar-refractivity contribution in [1.82, 2.24) is 5.32 Å². The Labute approximate surface area is 150 Å². The highest BCUT2D eigenvalue weighted by Gasteiger charge is 2.34. The number of benzene rings is 2. The van der Waals surface area contributed by atoms with Crippen molar-refractivity contribution < 1.29 is 14.3 Å². The fourth-order valence-corrected chi connectivity index (χ4v) is 3.15. The van der Waals surface area contributed by atoms with Gasteiger partial charge in [0.2, 0.25) is 5.91 Å². The number of nitrogens with zero attached hydrogens (tertiary/aromatic N) is 1. The van der Waals surface area contributed by atoms with Gasteiger partial charge in [-0.1, -0.05) is 35.9 Å². The molecule has 2 aromatic carbocycles. The van der Waals surface area contributed by atoms with Gasteiger partial charge in [0.05, 0.1) is 10.7 Å². The lowest BCUT2D eigenvalue weighted by molar-refractivity contribution is -0.120. The van der Waals surface area contributed by atoms with Gasteiger partial charge in [0.1, 0.15) is 11.8 Å². The molecule has 0 fully saturated rings. The molecule has 3 N–H and O–H groups in total. The summed E-state index contributed by atoms with van der Waals surface area (Å²) >= 11 is 6.17. The molecule has 0 aromatic heterocycles. The van der Waals surface area contributed by atoms with Gasteiger partial charge >= 0.3 is 6.03 Å². The van der Waals surface area contributed by atoms with E-state index in [-0.39, 0.29) is 5.91 Å². The molecule has 0 radical (unpaired) electrons. The zero-order valence-electron chi connectivity index (χ0n) is 13.7. The molecule has 130 valence electrons. The van der Waals surface area contributed by atoms with Crippen molar-refractivity contribution in [2.75, 3.05) is 11.4 Å². The molecule has 7 heteroatoms. The van der Waals surface area contributed by atoms with Crippen LogP contribution in [0.3, 0.4) is 0 Å². The summed E-state index contributed by atoms with van der Waals surface area (Å²) in [6.45, 7) is 2.30. The molecule has 0 spiro atoms. The Morgan fingerprint density at radius 3 is 2.68 bits per heavy atom. The van der Waals surface area contributed by atoms with Gasteiger partial charge in [0, 0.05) is 13.0 Å². The average molecular weight is 360 g/mol. The minimum atomic E-state index is -0.721. The zero-order valence-corrected chi connectivity index (χ0v) is 14.4. The quantitative estimate of drug-likeness (QED) is 0.879. The number of primary amides is 1.